The van der Waals surface area contributed by atoms with Crippen LogP contribution in [0.15, 0.2) is 36.7 Å². The number of pyridine rings is 1. The minimum absolute atomic E-state index is 0.0816. The average molecular weight is 337 g/mol. The van der Waals surface area contributed by atoms with Crippen molar-refractivity contribution in [1.29, 1.82) is 0 Å². The number of nitrogens with zero attached hydrogens (tertiary/aromatic N) is 1. The number of alkyl halides is 3. The molecule has 23 heavy (non-hydrogen) atoms. The first-order chi connectivity index (χ1) is 10.8. The molecule has 0 spiro atoms. The lowest BCUT2D eigenvalue weighted by Gasteiger charge is -2.11. The van der Waals surface area contributed by atoms with Crippen molar-refractivity contribution in [3.05, 3.63) is 47.1 Å². The van der Waals surface area contributed by atoms with Gasteiger partial charge in [0.2, 0.25) is 0 Å². The Bertz CT molecular complexity index is 904. The van der Waals surface area contributed by atoms with Crippen molar-refractivity contribution in [1.82, 2.24) is 4.98 Å². The maximum atomic E-state index is 13.3. The molecular weight excluding hydrogens is 327 g/mol. The standard InChI is InChI=1S/C15H10F3N3OS/c16-15(17,18)9-4-3-8(7-2-1-5-21-6-7)12-10(9)11(19)13(23-12)14(20)22/h1-6H,19H2,(H2,20,22). The number of thiophene rings is 1. The van der Waals surface area contributed by atoms with Crippen LogP contribution in [0.3, 0.4) is 0 Å². The van der Waals surface area contributed by atoms with E-state index in [1.165, 1.54) is 12.3 Å². The van der Waals surface area contributed by atoms with Gasteiger partial charge in [-0.25, -0.2) is 0 Å². The molecule has 1 aromatic carbocycles. The molecule has 3 aromatic rings. The first-order valence-electron chi connectivity index (χ1n) is 6.43. The monoisotopic (exact) mass is 337 g/mol. The van der Waals surface area contributed by atoms with Crippen molar-refractivity contribution in [3.63, 3.8) is 0 Å². The summed E-state index contributed by atoms with van der Waals surface area (Å²) in [7, 11) is 0. The maximum Gasteiger partial charge on any atom is 0.417 e. The van der Waals surface area contributed by atoms with Gasteiger partial charge in [0.15, 0.2) is 0 Å². The van der Waals surface area contributed by atoms with Crippen molar-refractivity contribution in [3.8, 4) is 11.1 Å². The molecule has 0 atom stereocenters. The first-order valence-corrected chi connectivity index (χ1v) is 7.24. The first kappa shape index (κ1) is 15.3. The Morgan fingerprint density at radius 3 is 2.52 bits per heavy atom. The third kappa shape index (κ3) is 2.50. The van der Waals surface area contributed by atoms with Gasteiger partial charge in [-0.05, 0) is 12.1 Å². The molecule has 3 rings (SSSR count). The summed E-state index contributed by atoms with van der Waals surface area (Å²) in [6.07, 6.45) is -1.50. The zero-order chi connectivity index (χ0) is 16.8. The Morgan fingerprint density at radius 1 is 1.22 bits per heavy atom. The van der Waals surface area contributed by atoms with Crippen LogP contribution >= 0.6 is 11.3 Å². The van der Waals surface area contributed by atoms with Gasteiger partial charge < -0.3 is 11.5 Å². The highest BCUT2D eigenvalue weighted by molar-refractivity contribution is 7.22. The van der Waals surface area contributed by atoms with Crippen LogP contribution in [0, 0.1) is 0 Å². The van der Waals surface area contributed by atoms with Crippen molar-refractivity contribution in [2.75, 3.05) is 5.73 Å². The molecule has 0 unspecified atom stereocenters. The molecule has 4 nitrogen and oxygen atoms in total. The zero-order valence-electron chi connectivity index (χ0n) is 11.5. The van der Waals surface area contributed by atoms with Crippen LogP contribution in [0.1, 0.15) is 15.2 Å². The van der Waals surface area contributed by atoms with E-state index in [-0.39, 0.29) is 20.7 Å². The summed E-state index contributed by atoms with van der Waals surface area (Å²) in [6.45, 7) is 0. The summed E-state index contributed by atoms with van der Waals surface area (Å²) < 4.78 is 40.1. The molecule has 2 aromatic heterocycles. The van der Waals surface area contributed by atoms with E-state index >= 15 is 0 Å². The number of aromatic nitrogens is 1. The number of hydrogen-bond acceptors (Lipinski definition) is 4. The molecule has 4 N–H and O–H groups in total. The van der Waals surface area contributed by atoms with Crippen LogP contribution in [0.2, 0.25) is 0 Å². The molecule has 0 aliphatic carbocycles. The van der Waals surface area contributed by atoms with E-state index in [1.807, 2.05) is 0 Å². The number of halogens is 3. The van der Waals surface area contributed by atoms with Gasteiger partial charge >= 0.3 is 6.18 Å². The normalized spacial score (nSPS) is 11.8. The fourth-order valence-corrected chi connectivity index (χ4v) is 3.53. The zero-order valence-corrected chi connectivity index (χ0v) is 12.3. The lowest BCUT2D eigenvalue weighted by Crippen LogP contribution is -2.11. The third-order valence-corrected chi connectivity index (χ3v) is 4.63. The predicted molar refractivity (Wildman–Crippen MR) is 83.0 cm³/mol. The van der Waals surface area contributed by atoms with E-state index in [0.29, 0.717) is 11.1 Å². The molecule has 0 fully saturated rings. The van der Waals surface area contributed by atoms with Gasteiger partial charge in [-0.1, -0.05) is 12.1 Å². The van der Waals surface area contributed by atoms with Gasteiger partial charge in [0.05, 0.1) is 11.3 Å². The second-order valence-electron chi connectivity index (χ2n) is 4.81. The molecule has 0 bridgehead atoms. The summed E-state index contributed by atoms with van der Waals surface area (Å²) >= 11 is 0.856. The van der Waals surface area contributed by atoms with E-state index in [0.717, 1.165) is 17.4 Å². The van der Waals surface area contributed by atoms with Gasteiger partial charge in [-0.15, -0.1) is 11.3 Å². The highest BCUT2D eigenvalue weighted by atomic mass is 32.1. The molecule has 2 heterocycles. The average Bonchev–Trinajstić information content (AvgIpc) is 2.84. The topological polar surface area (TPSA) is 82.0 Å². The number of fused-ring (bicyclic) bond motifs is 1. The number of primary amides is 1. The largest absolute Gasteiger partial charge is 0.417 e. The molecule has 0 radical (unpaired) electrons. The fourth-order valence-electron chi connectivity index (χ4n) is 2.40. The molecule has 118 valence electrons. The fraction of sp³-hybridized carbons (Fsp3) is 0.0667. The van der Waals surface area contributed by atoms with Crippen molar-refractivity contribution in [2.24, 2.45) is 5.73 Å². The molecule has 8 heteroatoms. The number of carbonyl (C=O) groups is 1. The molecule has 0 saturated heterocycles. The van der Waals surface area contributed by atoms with Crippen LogP contribution in [-0.2, 0) is 6.18 Å². The molecule has 0 aliphatic heterocycles. The van der Waals surface area contributed by atoms with Gasteiger partial charge in [0.1, 0.15) is 4.88 Å². The van der Waals surface area contributed by atoms with E-state index in [9.17, 15) is 18.0 Å². The van der Waals surface area contributed by atoms with Crippen molar-refractivity contribution < 1.29 is 18.0 Å². The van der Waals surface area contributed by atoms with Crippen molar-refractivity contribution >= 4 is 33.0 Å². The number of rotatable bonds is 2. The van der Waals surface area contributed by atoms with E-state index in [4.69, 9.17) is 11.5 Å². The number of hydrogen-bond donors (Lipinski definition) is 2. The maximum absolute atomic E-state index is 13.3. The van der Waals surface area contributed by atoms with E-state index in [2.05, 4.69) is 4.98 Å². The summed E-state index contributed by atoms with van der Waals surface area (Å²) in [6, 6.07) is 5.70. The Labute approximate surface area is 132 Å². The molecule has 0 saturated carbocycles. The third-order valence-electron chi connectivity index (χ3n) is 3.38. The summed E-state index contributed by atoms with van der Waals surface area (Å²) in [5, 5.41) is -0.197. The highest BCUT2D eigenvalue weighted by Gasteiger charge is 2.35. The molecular formula is C15H10F3N3OS. The van der Waals surface area contributed by atoms with Gasteiger partial charge in [0, 0.05) is 33.6 Å². The number of nitrogen functional groups attached to an aromatic ring is 1. The molecule has 1 amide bonds. The predicted octanol–water partition coefficient (Wildman–Crippen LogP) is 3.66. The van der Waals surface area contributed by atoms with Crippen LogP contribution in [-0.4, -0.2) is 10.9 Å². The summed E-state index contributed by atoms with van der Waals surface area (Å²) in [5.41, 5.74) is 11.0. The van der Waals surface area contributed by atoms with E-state index < -0.39 is 17.6 Å². The number of carbonyl (C=O) groups excluding carboxylic acids is 1. The Hall–Kier alpha value is -2.61. The van der Waals surface area contributed by atoms with Crippen molar-refractivity contribution in [2.45, 2.75) is 6.18 Å². The number of benzene rings is 1. The van der Waals surface area contributed by atoms with Crippen LogP contribution in [0.25, 0.3) is 21.2 Å². The number of anilines is 1. The quantitative estimate of drug-likeness (QED) is 0.748. The summed E-state index contributed by atoms with van der Waals surface area (Å²) in [5.74, 6) is -0.853. The van der Waals surface area contributed by atoms with Gasteiger partial charge in [-0.3, -0.25) is 9.78 Å². The highest BCUT2D eigenvalue weighted by Crippen LogP contribution is 2.46. The van der Waals surface area contributed by atoms with Crippen LogP contribution in [0.5, 0.6) is 0 Å². The van der Waals surface area contributed by atoms with Crippen LogP contribution < -0.4 is 11.5 Å². The SMILES string of the molecule is NC(=O)c1sc2c(-c3cccnc3)ccc(C(F)(F)F)c2c1N. The van der Waals surface area contributed by atoms with Crippen LogP contribution in [0.4, 0.5) is 18.9 Å². The number of amides is 1. The minimum Gasteiger partial charge on any atom is -0.397 e. The smallest absolute Gasteiger partial charge is 0.397 e. The molecule has 0 aliphatic rings. The Kier molecular flexibility index (Phi) is 3.48. The second kappa shape index (κ2) is 5.24. The number of nitrogens with two attached hydrogens (primary N) is 2. The summed E-state index contributed by atoms with van der Waals surface area (Å²) in [4.78, 5) is 15.3. The lowest BCUT2D eigenvalue weighted by atomic mass is 10.0. The van der Waals surface area contributed by atoms with E-state index in [1.54, 1.807) is 18.3 Å². The Balaban J connectivity index is 2.42. The van der Waals surface area contributed by atoms with Gasteiger partial charge in [-0.2, -0.15) is 13.2 Å². The minimum atomic E-state index is -4.59. The second-order valence-corrected chi connectivity index (χ2v) is 5.83. The lowest BCUT2D eigenvalue weighted by molar-refractivity contribution is -0.136. The Morgan fingerprint density at radius 2 is 1.96 bits per heavy atom. The van der Waals surface area contributed by atoms with Gasteiger partial charge in [0.25, 0.3) is 5.91 Å².